The predicted octanol–water partition coefficient (Wildman–Crippen LogP) is 1.07. The Morgan fingerprint density at radius 2 is 1.97 bits per heavy atom. The summed E-state index contributed by atoms with van der Waals surface area (Å²) < 4.78 is 39.6. The second-order valence-electron chi connectivity index (χ2n) is 7.11. The van der Waals surface area contributed by atoms with Gasteiger partial charge in [-0.1, -0.05) is 18.2 Å². The van der Waals surface area contributed by atoms with E-state index in [1.165, 1.54) is 0 Å². The van der Waals surface area contributed by atoms with Gasteiger partial charge in [-0.05, 0) is 18.2 Å². The van der Waals surface area contributed by atoms with Crippen LogP contribution in [0.4, 0.5) is 20.3 Å². The molecule has 3 atom stereocenters. The van der Waals surface area contributed by atoms with E-state index in [-0.39, 0.29) is 37.6 Å². The molecule has 0 saturated carbocycles. The van der Waals surface area contributed by atoms with Crippen molar-refractivity contribution in [3.63, 3.8) is 0 Å². The van der Waals surface area contributed by atoms with Crippen LogP contribution in [0.3, 0.4) is 0 Å². The van der Waals surface area contributed by atoms with Gasteiger partial charge in [-0.25, -0.2) is 4.79 Å². The summed E-state index contributed by atoms with van der Waals surface area (Å²) in [5, 5.41) is 12.6. The molecule has 1 aromatic carbocycles. The van der Waals surface area contributed by atoms with Gasteiger partial charge in [0.05, 0.1) is 19.1 Å². The second kappa shape index (κ2) is 9.83. The summed E-state index contributed by atoms with van der Waals surface area (Å²) >= 11 is 0. The van der Waals surface area contributed by atoms with Crippen LogP contribution < -0.4 is 16.7 Å². The predicted molar refractivity (Wildman–Crippen MR) is 108 cm³/mol. The van der Waals surface area contributed by atoms with Gasteiger partial charge in [0, 0.05) is 24.7 Å². The zero-order chi connectivity index (χ0) is 23.3. The highest BCUT2D eigenvalue weighted by Crippen LogP contribution is 2.43. The van der Waals surface area contributed by atoms with Crippen molar-refractivity contribution in [1.82, 2.24) is 9.55 Å². The van der Waals surface area contributed by atoms with Crippen molar-refractivity contribution in [1.29, 1.82) is 0 Å². The molecule has 0 radical (unpaired) electrons. The van der Waals surface area contributed by atoms with Crippen LogP contribution in [0.2, 0.25) is 0 Å². The molecule has 2 heterocycles. The maximum Gasteiger partial charge on any atom is 0.351 e. The van der Waals surface area contributed by atoms with E-state index < -0.39 is 36.0 Å². The van der Waals surface area contributed by atoms with Crippen LogP contribution in [-0.2, 0) is 19.1 Å². The van der Waals surface area contributed by atoms with Crippen LogP contribution in [0.1, 0.15) is 25.5 Å². The highest BCUT2D eigenvalue weighted by molar-refractivity contribution is 5.92. The molecule has 2 aromatic rings. The topological polar surface area (TPSA) is 146 Å². The summed E-state index contributed by atoms with van der Waals surface area (Å²) in [7, 11) is 0. The van der Waals surface area contributed by atoms with Gasteiger partial charge in [0.15, 0.2) is 0 Å². The summed E-state index contributed by atoms with van der Waals surface area (Å²) in [5.74, 6) is -5.02. The number of nitrogens with one attached hydrogen (secondary N) is 1. The van der Waals surface area contributed by atoms with E-state index in [2.05, 4.69) is 10.3 Å². The third-order valence-electron chi connectivity index (χ3n) is 4.76. The number of alkyl halides is 2. The standard InChI is InChI=1S/C20H22F2N4O6/c21-20(22)17(29)13(32-18(20)26-10-8-14(23)25-19(26)30)9-11-31-16(28)7-6-15(27)24-12-4-2-1-3-5-12/h1-5,8,10,13,17-18,29H,6-7,9,11H2,(H,24,27)(H2,23,25,30)/t13-,17-,18-/m1/s1. The van der Waals surface area contributed by atoms with Crippen molar-refractivity contribution in [2.75, 3.05) is 17.7 Å². The third kappa shape index (κ3) is 5.45. The van der Waals surface area contributed by atoms with Crippen molar-refractivity contribution in [3.05, 3.63) is 53.1 Å². The Hall–Kier alpha value is -3.38. The number of anilines is 2. The molecule has 1 aliphatic heterocycles. The molecule has 1 aliphatic rings. The number of rotatable bonds is 8. The molecule has 3 rings (SSSR count). The lowest BCUT2D eigenvalue weighted by Gasteiger charge is -2.20. The van der Waals surface area contributed by atoms with E-state index in [4.69, 9.17) is 15.2 Å². The molecule has 1 amide bonds. The first-order valence-corrected chi connectivity index (χ1v) is 9.75. The fourth-order valence-electron chi connectivity index (χ4n) is 3.13. The SMILES string of the molecule is Nc1ccn([C@@H]2O[C@H](CCOC(=O)CCC(=O)Nc3ccccc3)[C@@H](O)C2(F)F)c(=O)n1. The Balaban J connectivity index is 1.46. The number of esters is 1. The van der Waals surface area contributed by atoms with E-state index in [0.717, 1.165) is 12.3 Å². The molecule has 0 unspecified atom stereocenters. The molecule has 10 nitrogen and oxygen atoms in total. The average Bonchev–Trinajstić information content (AvgIpc) is 2.97. The number of nitrogens with zero attached hydrogens (tertiary/aromatic N) is 2. The number of aliphatic hydroxyl groups excluding tert-OH is 1. The van der Waals surface area contributed by atoms with Gasteiger partial charge in [0.1, 0.15) is 11.9 Å². The molecule has 1 fully saturated rings. The maximum absolute atomic E-state index is 14.4. The van der Waals surface area contributed by atoms with E-state index in [9.17, 15) is 28.3 Å². The van der Waals surface area contributed by atoms with Gasteiger partial charge >= 0.3 is 17.6 Å². The molecule has 0 bridgehead atoms. The molecule has 32 heavy (non-hydrogen) atoms. The number of nitrogens with two attached hydrogens (primary N) is 1. The van der Waals surface area contributed by atoms with Gasteiger partial charge in [-0.15, -0.1) is 0 Å². The molecular formula is C20H22F2N4O6. The number of hydrogen-bond donors (Lipinski definition) is 3. The largest absolute Gasteiger partial charge is 0.466 e. The molecular weight excluding hydrogens is 430 g/mol. The maximum atomic E-state index is 14.4. The minimum absolute atomic E-state index is 0.122. The summed E-state index contributed by atoms with van der Waals surface area (Å²) in [4.78, 5) is 38.9. The normalized spacial score (nSPS) is 21.8. The van der Waals surface area contributed by atoms with Crippen molar-refractivity contribution in [3.8, 4) is 0 Å². The van der Waals surface area contributed by atoms with Crippen LogP contribution in [-0.4, -0.2) is 51.3 Å². The first-order valence-electron chi connectivity index (χ1n) is 9.75. The monoisotopic (exact) mass is 452 g/mol. The van der Waals surface area contributed by atoms with Crippen LogP contribution in [0, 0.1) is 0 Å². The van der Waals surface area contributed by atoms with Crippen LogP contribution in [0.25, 0.3) is 0 Å². The van der Waals surface area contributed by atoms with Crippen molar-refractivity contribution >= 4 is 23.4 Å². The van der Waals surface area contributed by atoms with E-state index >= 15 is 0 Å². The van der Waals surface area contributed by atoms with Crippen molar-refractivity contribution in [2.24, 2.45) is 0 Å². The average molecular weight is 452 g/mol. The molecule has 0 spiro atoms. The van der Waals surface area contributed by atoms with Gasteiger partial charge < -0.3 is 25.6 Å². The van der Waals surface area contributed by atoms with Crippen molar-refractivity contribution < 1.29 is 33.0 Å². The number of para-hydroxylation sites is 1. The highest BCUT2D eigenvalue weighted by Gasteiger charge is 2.59. The van der Waals surface area contributed by atoms with Crippen LogP contribution >= 0.6 is 0 Å². The fourth-order valence-corrected chi connectivity index (χ4v) is 3.13. The Morgan fingerprint density at radius 1 is 1.25 bits per heavy atom. The summed E-state index contributed by atoms with van der Waals surface area (Å²) in [6.45, 7) is -0.321. The molecule has 4 N–H and O–H groups in total. The summed E-state index contributed by atoms with van der Waals surface area (Å²) in [5.41, 5.74) is 4.88. The van der Waals surface area contributed by atoms with E-state index in [1.54, 1.807) is 30.3 Å². The third-order valence-corrected chi connectivity index (χ3v) is 4.76. The number of halogens is 2. The first-order chi connectivity index (χ1) is 15.2. The molecule has 1 aromatic heterocycles. The van der Waals surface area contributed by atoms with Gasteiger partial charge in [0.2, 0.25) is 12.1 Å². The Morgan fingerprint density at radius 3 is 2.66 bits per heavy atom. The van der Waals surface area contributed by atoms with Gasteiger partial charge in [-0.3, -0.25) is 14.2 Å². The lowest BCUT2D eigenvalue weighted by Crippen LogP contribution is -2.41. The zero-order valence-corrected chi connectivity index (χ0v) is 16.8. The van der Waals surface area contributed by atoms with Gasteiger partial charge in [-0.2, -0.15) is 13.8 Å². The minimum atomic E-state index is -3.79. The number of aromatic nitrogens is 2. The molecule has 1 saturated heterocycles. The fraction of sp³-hybridized carbons (Fsp3) is 0.400. The van der Waals surface area contributed by atoms with Crippen LogP contribution in [0.5, 0.6) is 0 Å². The van der Waals surface area contributed by atoms with Gasteiger partial charge in [0.25, 0.3) is 0 Å². The van der Waals surface area contributed by atoms with Crippen molar-refractivity contribution in [2.45, 2.75) is 43.6 Å². The van der Waals surface area contributed by atoms with E-state index in [1.807, 2.05) is 0 Å². The number of benzene rings is 1. The van der Waals surface area contributed by atoms with Crippen LogP contribution in [0.15, 0.2) is 47.4 Å². The highest BCUT2D eigenvalue weighted by atomic mass is 19.3. The lowest BCUT2D eigenvalue weighted by molar-refractivity contribution is -0.146. The number of hydrogen-bond acceptors (Lipinski definition) is 8. The molecule has 172 valence electrons. The quantitative estimate of drug-likeness (QED) is 0.504. The Labute approximate surface area is 181 Å². The minimum Gasteiger partial charge on any atom is -0.466 e. The number of ether oxygens (including phenoxy) is 2. The smallest absolute Gasteiger partial charge is 0.351 e. The number of carbonyl (C=O) groups is 2. The summed E-state index contributed by atoms with van der Waals surface area (Å²) in [6, 6.07) is 9.83. The molecule has 12 heteroatoms. The second-order valence-corrected chi connectivity index (χ2v) is 7.11. The number of amides is 1. The molecule has 0 aliphatic carbocycles. The lowest BCUT2D eigenvalue weighted by atomic mass is 10.1. The first kappa shape index (κ1) is 23.3. The Kier molecular flexibility index (Phi) is 7.15. The summed E-state index contributed by atoms with van der Waals surface area (Å²) in [6.07, 6.45) is -5.28. The Bertz CT molecular complexity index is 1020. The number of aliphatic hydroxyl groups is 1. The number of nitrogen functional groups attached to an aromatic ring is 1. The van der Waals surface area contributed by atoms with E-state index in [0.29, 0.717) is 10.3 Å². The number of carbonyl (C=O) groups excluding carboxylic acids is 2. The zero-order valence-electron chi connectivity index (χ0n) is 16.8.